The molecule has 0 saturated heterocycles. The predicted molar refractivity (Wildman–Crippen MR) is 119 cm³/mol. The van der Waals surface area contributed by atoms with Crippen LogP contribution in [0.25, 0.3) is 0 Å². The van der Waals surface area contributed by atoms with E-state index in [4.69, 9.17) is 12.2 Å². The van der Waals surface area contributed by atoms with Crippen LogP contribution in [0.3, 0.4) is 0 Å². The summed E-state index contributed by atoms with van der Waals surface area (Å²) >= 11 is 5.46. The average Bonchev–Trinajstić information content (AvgIpc) is 2.55. The Balaban J connectivity index is 2.84. The first kappa shape index (κ1) is 26.4. The molecule has 7 nitrogen and oxygen atoms in total. The molecule has 8 heteroatoms. The first-order chi connectivity index (χ1) is 13.1. The molecule has 0 aromatic heterocycles. The number of aliphatic hydroxyl groups excluding tert-OH is 5. The summed E-state index contributed by atoms with van der Waals surface area (Å²) in [5.41, 5.74) is -0.381. The standard InChI is InChI=1S/C21H40N2O5S/c1-20(2,3)10-17(29)23-13(15(25)9-16(26)21(4,5)6)11-22-12-7-8-14(24)19(28)18(12)27/h7-8,12-16,18-19,22,24-28H,9-11H2,1-6H3,(H,23,29). The summed E-state index contributed by atoms with van der Waals surface area (Å²) in [6.07, 6.45) is -1.29. The van der Waals surface area contributed by atoms with Gasteiger partial charge in [-0.05, 0) is 10.8 Å². The molecule has 7 atom stereocenters. The molecule has 1 aliphatic rings. The van der Waals surface area contributed by atoms with Crippen LogP contribution in [0, 0.1) is 10.8 Å². The summed E-state index contributed by atoms with van der Waals surface area (Å²) in [6.45, 7) is 12.2. The lowest BCUT2D eigenvalue weighted by molar-refractivity contribution is -0.0573. The van der Waals surface area contributed by atoms with Crippen LogP contribution < -0.4 is 10.6 Å². The molecular weight excluding hydrogens is 392 g/mol. The van der Waals surface area contributed by atoms with Gasteiger partial charge in [0.25, 0.3) is 0 Å². The zero-order valence-electron chi connectivity index (χ0n) is 18.5. The zero-order valence-corrected chi connectivity index (χ0v) is 19.3. The van der Waals surface area contributed by atoms with Gasteiger partial charge in [0, 0.05) is 19.4 Å². The third-order valence-corrected chi connectivity index (χ3v) is 5.39. The number of hydrogen-bond donors (Lipinski definition) is 7. The van der Waals surface area contributed by atoms with Gasteiger partial charge in [-0.1, -0.05) is 65.9 Å². The quantitative estimate of drug-likeness (QED) is 0.218. The monoisotopic (exact) mass is 432 g/mol. The van der Waals surface area contributed by atoms with Crippen molar-refractivity contribution in [3.63, 3.8) is 0 Å². The fourth-order valence-electron chi connectivity index (χ4n) is 3.10. The Labute approximate surface area is 180 Å². The van der Waals surface area contributed by atoms with Crippen LogP contribution in [0.2, 0.25) is 0 Å². The van der Waals surface area contributed by atoms with Crippen LogP contribution in [0.5, 0.6) is 0 Å². The normalized spacial score (nSPS) is 28.7. The highest BCUT2D eigenvalue weighted by atomic mass is 32.1. The Hall–Kier alpha value is -0.610. The van der Waals surface area contributed by atoms with Crippen molar-refractivity contribution in [2.45, 2.75) is 97.0 Å². The minimum atomic E-state index is -1.28. The SMILES string of the molecule is CC(C)(C)CC(=S)NC(CNC1C=CC(O)C(O)C1O)C(O)CC(O)C(C)(C)C. The molecule has 170 valence electrons. The fourth-order valence-corrected chi connectivity index (χ4v) is 3.68. The molecule has 0 fully saturated rings. The predicted octanol–water partition coefficient (Wildman–Crippen LogP) is 0.477. The second-order valence-electron chi connectivity index (χ2n) is 10.4. The van der Waals surface area contributed by atoms with E-state index in [1.807, 2.05) is 20.8 Å². The van der Waals surface area contributed by atoms with E-state index in [0.717, 1.165) is 0 Å². The van der Waals surface area contributed by atoms with E-state index in [-0.39, 0.29) is 23.8 Å². The summed E-state index contributed by atoms with van der Waals surface area (Å²) in [4.78, 5) is 0.615. The van der Waals surface area contributed by atoms with Gasteiger partial charge in [0.15, 0.2) is 0 Å². The molecule has 7 unspecified atom stereocenters. The molecule has 0 saturated carbocycles. The topological polar surface area (TPSA) is 125 Å². The third-order valence-electron chi connectivity index (χ3n) is 5.12. The van der Waals surface area contributed by atoms with Crippen molar-refractivity contribution in [1.82, 2.24) is 10.6 Å². The lowest BCUT2D eigenvalue weighted by Crippen LogP contribution is -2.57. The molecule has 1 rings (SSSR count). The number of nitrogens with one attached hydrogen (secondary N) is 2. The zero-order chi connectivity index (χ0) is 22.6. The molecule has 0 amide bonds. The van der Waals surface area contributed by atoms with Crippen molar-refractivity contribution in [2.24, 2.45) is 10.8 Å². The Morgan fingerprint density at radius 3 is 2.10 bits per heavy atom. The van der Waals surface area contributed by atoms with Crippen molar-refractivity contribution < 1.29 is 25.5 Å². The second-order valence-corrected chi connectivity index (χ2v) is 10.9. The van der Waals surface area contributed by atoms with Crippen molar-refractivity contribution in [2.75, 3.05) is 6.54 Å². The van der Waals surface area contributed by atoms with Gasteiger partial charge in [-0.25, -0.2) is 0 Å². The van der Waals surface area contributed by atoms with E-state index >= 15 is 0 Å². The van der Waals surface area contributed by atoms with E-state index in [9.17, 15) is 25.5 Å². The van der Waals surface area contributed by atoms with Crippen molar-refractivity contribution in [1.29, 1.82) is 0 Å². The van der Waals surface area contributed by atoms with Gasteiger partial charge in [-0.15, -0.1) is 0 Å². The van der Waals surface area contributed by atoms with E-state index in [2.05, 4.69) is 31.4 Å². The minimum Gasteiger partial charge on any atom is -0.392 e. The van der Waals surface area contributed by atoms with Crippen LogP contribution >= 0.6 is 12.2 Å². The van der Waals surface area contributed by atoms with Gasteiger partial charge >= 0.3 is 0 Å². The molecule has 0 aromatic rings. The Kier molecular flexibility index (Phi) is 9.67. The van der Waals surface area contributed by atoms with Crippen LogP contribution in [-0.4, -0.2) is 79.7 Å². The summed E-state index contributed by atoms with van der Waals surface area (Å²) in [6, 6.07) is -1.07. The molecule has 0 aliphatic heterocycles. The molecule has 7 N–H and O–H groups in total. The molecule has 0 spiro atoms. The summed E-state index contributed by atoms with van der Waals surface area (Å²) < 4.78 is 0. The number of hydrogen-bond acceptors (Lipinski definition) is 7. The maximum absolute atomic E-state index is 10.8. The van der Waals surface area contributed by atoms with Crippen LogP contribution in [-0.2, 0) is 0 Å². The van der Waals surface area contributed by atoms with Gasteiger partial charge < -0.3 is 36.2 Å². The smallest absolute Gasteiger partial charge is 0.111 e. The van der Waals surface area contributed by atoms with Gasteiger partial charge in [0.1, 0.15) is 18.3 Å². The number of aliphatic hydroxyl groups is 5. The number of rotatable bonds is 8. The summed E-state index contributed by atoms with van der Waals surface area (Å²) in [5.74, 6) is 0. The maximum Gasteiger partial charge on any atom is 0.111 e. The molecule has 0 radical (unpaired) electrons. The second kappa shape index (κ2) is 10.6. The van der Waals surface area contributed by atoms with E-state index in [1.54, 1.807) is 6.08 Å². The van der Waals surface area contributed by atoms with Crippen LogP contribution in [0.15, 0.2) is 12.2 Å². The lowest BCUT2D eigenvalue weighted by atomic mass is 9.84. The highest BCUT2D eigenvalue weighted by Gasteiger charge is 2.34. The summed E-state index contributed by atoms with van der Waals surface area (Å²) in [5, 5.41) is 57.1. The molecule has 0 aromatic carbocycles. The van der Waals surface area contributed by atoms with E-state index in [0.29, 0.717) is 11.4 Å². The van der Waals surface area contributed by atoms with Crippen molar-refractivity contribution in [3.05, 3.63) is 12.2 Å². The first-order valence-electron chi connectivity index (χ1n) is 10.2. The Morgan fingerprint density at radius 2 is 1.59 bits per heavy atom. The Morgan fingerprint density at radius 1 is 1.00 bits per heavy atom. The minimum absolute atomic E-state index is 0.0134. The van der Waals surface area contributed by atoms with Gasteiger partial charge in [0.05, 0.1) is 29.3 Å². The highest BCUT2D eigenvalue weighted by Crippen LogP contribution is 2.24. The highest BCUT2D eigenvalue weighted by molar-refractivity contribution is 7.80. The maximum atomic E-state index is 10.8. The largest absolute Gasteiger partial charge is 0.392 e. The van der Waals surface area contributed by atoms with Crippen molar-refractivity contribution in [3.8, 4) is 0 Å². The van der Waals surface area contributed by atoms with Gasteiger partial charge in [-0.2, -0.15) is 0 Å². The van der Waals surface area contributed by atoms with Gasteiger partial charge in [0.2, 0.25) is 0 Å². The number of thiocarbonyl (C=S) groups is 1. The lowest BCUT2D eigenvalue weighted by Gasteiger charge is -2.35. The van der Waals surface area contributed by atoms with E-state index < -0.39 is 42.6 Å². The molecule has 0 heterocycles. The molecule has 29 heavy (non-hydrogen) atoms. The van der Waals surface area contributed by atoms with Crippen molar-refractivity contribution >= 4 is 17.2 Å². The average molecular weight is 433 g/mol. The van der Waals surface area contributed by atoms with Crippen LogP contribution in [0.1, 0.15) is 54.4 Å². The molecular formula is C21H40N2O5S. The van der Waals surface area contributed by atoms with Gasteiger partial charge in [-0.3, -0.25) is 0 Å². The summed E-state index contributed by atoms with van der Waals surface area (Å²) in [7, 11) is 0. The third kappa shape index (κ3) is 8.96. The van der Waals surface area contributed by atoms with Crippen LogP contribution in [0.4, 0.5) is 0 Å². The Bertz CT molecular complexity index is 558. The molecule has 0 bridgehead atoms. The molecule has 1 aliphatic carbocycles. The van der Waals surface area contributed by atoms with E-state index in [1.165, 1.54) is 6.08 Å². The fraction of sp³-hybridized carbons (Fsp3) is 0.857. The first-order valence-corrected chi connectivity index (χ1v) is 10.6.